The number of nitrogens with one attached hydrogen (secondary N) is 1. The highest BCUT2D eigenvalue weighted by Crippen LogP contribution is 2.35. The van der Waals surface area contributed by atoms with Crippen molar-refractivity contribution in [2.75, 3.05) is 5.32 Å². The predicted octanol–water partition coefficient (Wildman–Crippen LogP) is 4.52. The van der Waals surface area contributed by atoms with Gasteiger partial charge in [0.2, 0.25) is 0 Å². The monoisotopic (exact) mass is 237 g/mol. The molecule has 0 fully saturated rings. The second-order valence-electron chi connectivity index (χ2n) is 5.38. The highest BCUT2D eigenvalue weighted by atomic mass is 14.9. The fourth-order valence-electron chi connectivity index (χ4n) is 2.63. The molecule has 2 aromatic rings. The maximum Gasteiger partial charge on any atom is 0.0555 e. The molecule has 3 rings (SSSR count). The van der Waals surface area contributed by atoms with Crippen LogP contribution in [0.1, 0.15) is 42.5 Å². The van der Waals surface area contributed by atoms with Crippen molar-refractivity contribution in [2.45, 2.75) is 32.2 Å². The Morgan fingerprint density at radius 1 is 1.06 bits per heavy atom. The molecule has 0 radical (unpaired) electrons. The van der Waals surface area contributed by atoms with E-state index in [0.717, 1.165) is 6.42 Å². The minimum atomic E-state index is 0.434. The lowest BCUT2D eigenvalue weighted by atomic mass is 9.98. The van der Waals surface area contributed by atoms with Crippen molar-refractivity contribution in [2.24, 2.45) is 0 Å². The van der Waals surface area contributed by atoms with Crippen LogP contribution in [0.15, 0.2) is 48.5 Å². The van der Waals surface area contributed by atoms with Gasteiger partial charge in [-0.1, -0.05) is 56.3 Å². The molecule has 0 saturated carbocycles. The van der Waals surface area contributed by atoms with Gasteiger partial charge in [0.25, 0.3) is 0 Å². The van der Waals surface area contributed by atoms with E-state index < -0.39 is 0 Å². The Hall–Kier alpha value is -1.76. The number of hydrogen-bond donors (Lipinski definition) is 1. The molecule has 1 nitrogen and oxygen atoms in total. The van der Waals surface area contributed by atoms with Gasteiger partial charge in [-0.05, 0) is 35.1 Å². The van der Waals surface area contributed by atoms with Crippen molar-refractivity contribution >= 4 is 5.69 Å². The number of rotatable bonds is 2. The maximum absolute atomic E-state index is 3.62. The molecular weight excluding hydrogens is 218 g/mol. The molecule has 1 heteroatoms. The Kier molecular flexibility index (Phi) is 2.83. The van der Waals surface area contributed by atoms with Gasteiger partial charge < -0.3 is 5.32 Å². The summed E-state index contributed by atoms with van der Waals surface area (Å²) in [5.74, 6) is 0.603. The topological polar surface area (TPSA) is 12.0 Å². The van der Waals surface area contributed by atoms with Crippen molar-refractivity contribution < 1.29 is 0 Å². The van der Waals surface area contributed by atoms with E-state index in [2.05, 4.69) is 67.7 Å². The Balaban J connectivity index is 1.87. The van der Waals surface area contributed by atoms with Gasteiger partial charge in [-0.25, -0.2) is 0 Å². The predicted molar refractivity (Wildman–Crippen MR) is 77.0 cm³/mol. The van der Waals surface area contributed by atoms with E-state index in [1.165, 1.54) is 22.4 Å². The summed E-state index contributed by atoms with van der Waals surface area (Å²) in [4.78, 5) is 0. The molecule has 1 heterocycles. The van der Waals surface area contributed by atoms with Crippen LogP contribution in [0.5, 0.6) is 0 Å². The van der Waals surface area contributed by atoms with Crippen molar-refractivity contribution in [1.82, 2.24) is 0 Å². The van der Waals surface area contributed by atoms with Gasteiger partial charge in [-0.15, -0.1) is 0 Å². The van der Waals surface area contributed by atoms with E-state index in [0.29, 0.717) is 12.0 Å². The molecule has 1 aliphatic heterocycles. The molecule has 0 aliphatic carbocycles. The number of anilines is 1. The van der Waals surface area contributed by atoms with Crippen LogP contribution in [0.25, 0.3) is 0 Å². The molecule has 92 valence electrons. The Morgan fingerprint density at radius 3 is 2.56 bits per heavy atom. The molecule has 1 atom stereocenters. The van der Waals surface area contributed by atoms with Crippen LogP contribution in [-0.2, 0) is 6.42 Å². The first-order valence-electron chi connectivity index (χ1n) is 6.68. The molecule has 2 aromatic carbocycles. The average molecular weight is 237 g/mol. The van der Waals surface area contributed by atoms with E-state index in [1.54, 1.807) is 0 Å². The zero-order valence-electron chi connectivity index (χ0n) is 11.0. The largest absolute Gasteiger partial charge is 0.378 e. The van der Waals surface area contributed by atoms with Crippen LogP contribution in [0, 0.1) is 0 Å². The molecule has 0 bridgehead atoms. The second kappa shape index (κ2) is 4.49. The fourth-order valence-corrected chi connectivity index (χ4v) is 2.63. The van der Waals surface area contributed by atoms with E-state index in [1.807, 2.05) is 0 Å². The Bertz CT molecular complexity index is 543. The summed E-state index contributed by atoms with van der Waals surface area (Å²) < 4.78 is 0. The highest BCUT2D eigenvalue weighted by molar-refractivity contribution is 5.59. The zero-order valence-corrected chi connectivity index (χ0v) is 11.0. The van der Waals surface area contributed by atoms with Crippen LogP contribution in [-0.4, -0.2) is 0 Å². The number of hydrogen-bond acceptors (Lipinski definition) is 1. The van der Waals surface area contributed by atoms with Crippen LogP contribution in [0.4, 0.5) is 5.69 Å². The quantitative estimate of drug-likeness (QED) is 0.809. The van der Waals surface area contributed by atoms with Crippen LogP contribution >= 0.6 is 0 Å². The molecular formula is C17H19N. The lowest BCUT2D eigenvalue weighted by Gasteiger charge is -2.10. The lowest BCUT2D eigenvalue weighted by molar-refractivity contribution is 0.819. The third kappa shape index (κ3) is 2.01. The van der Waals surface area contributed by atoms with E-state index in [4.69, 9.17) is 0 Å². The van der Waals surface area contributed by atoms with Gasteiger partial charge in [0.05, 0.1) is 6.04 Å². The van der Waals surface area contributed by atoms with E-state index in [9.17, 15) is 0 Å². The smallest absolute Gasteiger partial charge is 0.0555 e. The maximum atomic E-state index is 3.62. The van der Waals surface area contributed by atoms with Gasteiger partial charge in [0, 0.05) is 5.69 Å². The molecule has 18 heavy (non-hydrogen) atoms. The fraction of sp³-hybridized carbons (Fsp3) is 0.294. The molecule has 1 N–H and O–H groups in total. The summed E-state index contributed by atoms with van der Waals surface area (Å²) in [7, 11) is 0. The first kappa shape index (κ1) is 11.3. The van der Waals surface area contributed by atoms with Gasteiger partial charge in [0.1, 0.15) is 0 Å². The Morgan fingerprint density at radius 2 is 1.83 bits per heavy atom. The van der Waals surface area contributed by atoms with E-state index >= 15 is 0 Å². The molecule has 0 spiro atoms. The molecule has 1 aliphatic rings. The molecule has 1 unspecified atom stereocenters. The minimum absolute atomic E-state index is 0.434. The average Bonchev–Trinajstić information content (AvgIpc) is 2.82. The van der Waals surface area contributed by atoms with Crippen molar-refractivity contribution in [1.29, 1.82) is 0 Å². The zero-order chi connectivity index (χ0) is 12.5. The SMILES string of the molecule is CC(C)c1ccc2c(c1)CC(c1ccccc1)N2. The molecule has 0 amide bonds. The molecule has 0 aromatic heterocycles. The summed E-state index contributed by atoms with van der Waals surface area (Å²) in [6.45, 7) is 4.50. The summed E-state index contributed by atoms with van der Waals surface area (Å²) in [6.07, 6.45) is 1.10. The third-order valence-electron chi connectivity index (χ3n) is 3.75. The number of benzene rings is 2. The normalized spacial score (nSPS) is 17.6. The van der Waals surface area contributed by atoms with Crippen molar-refractivity contribution in [3.63, 3.8) is 0 Å². The van der Waals surface area contributed by atoms with Crippen molar-refractivity contribution in [3.05, 3.63) is 65.2 Å². The second-order valence-corrected chi connectivity index (χ2v) is 5.38. The standard InChI is InChI=1S/C17H19N/c1-12(2)14-8-9-16-15(10-14)11-17(18-16)13-6-4-3-5-7-13/h3-10,12,17-18H,11H2,1-2H3. The minimum Gasteiger partial charge on any atom is -0.378 e. The first-order chi connectivity index (χ1) is 8.74. The lowest BCUT2D eigenvalue weighted by Crippen LogP contribution is -2.04. The highest BCUT2D eigenvalue weighted by Gasteiger charge is 2.22. The van der Waals surface area contributed by atoms with Gasteiger partial charge >= 0.3 is 0 Å². The number of fused-ring (bicyclic) bond motifs is 1. The molecule has 0 saturated heterocycles. The summed E-state index contributed by atoms with van der Waals surface area (Å²) in [6, 6.07) is 18.0. The first-order valence-corrected chi connectivity index (χ1v) is 6.68. The van der Waals surface area contributed by atoms with Crippen LogP contribution in [0.3, 0.4) is 0 Å². The van der Waals surface area contributed by atoms with E-state index in [-0.39, 0.29) is 0 Å². The Labute approximate surface area is 109 Å². The summed E-state index contributed by atoms with van der Waals surface area (Å²) in [5, 5.41) is 3.62. The van der Waals surface area contributed by atoms with Gasteiger partial charge in [-0.3, -0.25) is 0 Å². The summed E-state index contributed by atoms with van der Waals surface area (Å²) >= 11 is 0. The van der Waals surface area contributed by atoms with Crippen LogP contribution < -0.4 is 5.32 Å². The van der Waals surface area contributed by atoms with Gasteiger partial charge in [0.15, 0.2) is 0 Å². The van der Waals surface area contributed by atoms with Crippen molar-refractivity contribution in [3.8, 4) is 0 Å². The summed E-state index contributed by atoms with van der Waals surface area (Å²) in [5.41, 5.74) is 5.56. The van der Waals surface area contributed by atoms with Gasteiger partial charge in [-0.2, -0.15) is 0 Å². The van der Waals surface area contributed by atoms with Crippen LogP contribution in [0.2, 0.25) is 0 Å². The third-order valence-corrected chi connectivity index (χ3v) is 3.75.